The number of nitro benzene ring substituents is 1. The molecule has 0 unspecified atom stereocenters. The van der Waals surface area contributed by atoms with Gasteiger partial charge in [-0.05, 0) is 29.3 Å². The lowest BCUT2D eigenvalue weighted by Crippen LogP contribution is -1.95. The summed E-state index contributed by atoms with van der Waals surface area (Å²) in [5, 5.41) is 10.9. The van der Waals surface area contributed by atoms with E-state index in [1.807, 2.05) is 0 Å². The van der Waals surface area contributed by atoms with E-state index in [-0.39, 0.29) is 21.3 Å². The van der Waals surface area contributed by atoms with E-state index in [0.29, 0.717) is 5.56 Å². The van der Waals surface area contributed by atoms with Crippen molar-refractivity contribution in [1.29, 1.82) is 0 Å². The third-order valence-corrected chi connectivity index (χ3v) is 4.54. The summed E-state index contributed by atoms with van der Waals surface area (Å²) < 4.78 is 35.6. The molecule has 0 saturated carbocycles. The molecule has 0 fully saturated rings. The number of allylic oxidation sites excluding steroid dienone is 2. The summed E-state index contributed by atoms with van der Waals surface area (Å²) in [5.41, 5.74) is 0.536. The van der Waals surface area contributed by atoms with Crippen LogP contribution >= 0.6 is 23.2 Å². The molecular formula is C16H10Cl2FNO4S. The Kier molecular flexibility index (Phi) is 5.94. The zero-order valence-corrected chi connectivity index (χ0v) is 14.7. The van der Waals surface area contributed by atoms with Crippen LogP contribution in [-0.2, 0) is 10.2 Å². The van der Waals surface area contributed by atoms with E-state index in [2.05, 4.69) is 0 Å². The smallest absolute Gasteiger partial charge is 0.258 e. The maximum Gasteiger partial charge on any atom is 0.332 e. The first kappa shape index (κ1) is 19.1. The molecule has 2 rings (SSSR count). The van der Waals surface area contributed by atoms with E-state index in [0.717, 1.165) is 6.07 Å². The number of hydrogen-bond acceptors (Lipinski definition) is 4. The molecule has 0 spiro atoms. The molecule has 0 aliphatic carbocycles. The lowest BCUT2D eigenvalue weighted by atomic mass is 10.1. The summed E-state index contributed by atoms with van der Waals surface area (Å²) in [7, 11) is -4.91. The van der Waals surface area contributed by atoms with Crippen molar-refractivity contribution in [3.05, 3.63) is 79.8 Å². The summed E-state index contributed by atoms with van der Waals surface area (Å²) in [6.45, 7) is 0. The summed E-state index contributed by atoms with van der Waals surface area (Å²) in [5.74, 6) is 0. The monoisotopic (exact) mass is 401 g/mol. The van der Waals surface area contributed by atoms with Gasteiger partial charge in [0.25, 0.3) is 5.69 Å². The first-order valence-electron chi connectivity index (χ1n) is 6.71. The van der Waals surface area contributed by atoms with Crippen molar-refractivity contribution in [3.8, 4) is 0 Å². The molecule has 0 atom stereocenters. The zero-order valence-electron chi connectivity index (χ0n) is 12.4. The van der Waals surface area contributed by atoms with Crippen LogP contribution in [0.1, 0.15) is 11.1 Å². The Hall–Kier alpha value is -2.22. The van der Waals surface area contributed by atoms with Crippen LogP contribution in [0.4, 0.5) is 9.57 Å². The number of halogens is 3. The van der Waals surface area contributed by atoms with Crippen molar-refractivity contribution in [2.24, 2.45) is 0 Å². The van der Waals surface area contributed by atoms with Gasteiger partial charge in [-0.1, -0.05) is 53.6 Å². The molecule has 0 bridgehead atoms. The van der Waals surface area contributed by atoms with E-state index in [1.54, 1.807) is 6.08 Å². The van der Waals surface area contributed by atoms with Gasteiger partial charge >= 0.3 is 10.2 Å². The Morgan fingerprint density at radius 3 is 2.16 bits per heavy atom. The van der Waals surface area contributed by atoms with Gasteiger partial charge in [-0.3, -0.25) is 10.1 Å². The summed E-state index contributed by atoms with van der Waals surface area (Å²) in [4.78, 5) is 9.56. The van der Waals surface area contributed by atoms with Crippen molar-refractivity contribution < 1.29 is 17.2 Å². The van der Waals surface area contributed by atoms with Gasteiger partial charge in [0.1, 0.15) is 4.90 Å². The predicted molar refractivity (Wildman–Crippen MR) is 95.9 cm³/mol. The second-order valence-corrected chi connectivity index (χ2v) is 6.96. The van der Waals surface area contributed by atoms with E-state index < -0.39 is 20.0 Å². The van der Waals surface area contributed by atoms with Gasteiger partial charge in [-0.25, -0.2) is 0 Å². The standard InChI is InChI=1S/C16H10Cl2FNO4S/c17-13-7-5-12(16(9-13)25(19,23)24)4-2-1-3-11-6-8-14(20(21)22)10-15(11)18/h1-10H/b3-1-,4-2+. The molecule has 9 heteroatoms. The van der Waals surface area contributed by atoms with Crippen molar-refractivity contribution in [1.82, 2.24) is 0 Å². The number of nitro groups is 1. The number of rotatable bonds is 5. The highest BCUT2D eigenvalue weighted by Gasteiger charge is 2.16. The van der Waals surface area contributed by atoms with E-state index in [4.69, 9.17) is 23.2 Å². The van der Waals surface area contributed by atoms with Crippen LogP contribution in [0.15, 0.2) is 53.4 Å². The van der Waals surface area contributed by atoms with Gasteiger partial charge in [0, 0.05) is 17.2 Å². The van der Waals surface area contributed by atoms with E-state index in [1.165, 1.54) is 48.6 Å². The molecule has 25 heavy (non-hydrogen) atoms. The highest BCUT2D eigenvalue weighted by Crippen LogP contribution is 2.25. The zero-order chi connectivity index (χ0) is 18.6. The molecular weight excluding hydrogens is 392 g/mol. The van der Waals surface area contributed by atoms with Crippen molar-refractivity contribution >= 4 is 51.3 Å². The minimum atomic E-state index is -4.91. The summed E-state index contributed by atoms with van der Waals surface area (Å²) in [6.07, 6.45) is 5.98. The van der Waals surface area contributed by atoms with Crippen LogP contribution < -0.4 is 0 Å². The molecule has 0 aliphatic heterocycles. The first-order valence-corrected chi connectivity index (χ1v) is 8.85. The van der Waals surface area contributed by atoms with Gasteiger partial charge in [0.05, 0.1) is 9.95 Å². The van der Waals surface area contributed by atoms with E-state index >= 15 is 0 Å². The lowest BCUT2D eigenvalue weighted by Gasteiger charge is -2.01. The fourth-order valence-electron chi connectivity index (χ4n) is 1.94. The molecule has 0 aliphatic rings. The van der Waals surface area contributed by atoms with Crippen LogP contribution in [-0.4, -0.2) is 13.3 Å². The van der Waals surface area contributed by atoms with E-state index in [9.17, 15) is 22.4 Å². The Bertz CT molecular complexity index is 988. The van der Waals surface area contributed by atoms with Gasteiger partial charge in [0.2, 0.25) is 0 Å². The summed E-state index contributed by atoms with van der Waals surface area (Å²) >= 11 is 11.6. The largest absolute Gasteiger partial charge is 0.332 e. The molecule has 0 heterocycles. The Labute approximate surface area is 153 Å². The third kappa shape index (κ3) is 5.12. The van der Waals surface area contributed by atoms with Gasteiger partial charge in [0.15, 0.2) is 0 Å². The van der Waals surface area contributed by atoms with Crippen molar-refractivity contribution in [2.45, 2.75) is 4.90 Å². The topological polar surface area (TPSA) is 77.3 Å². The van der Waals surface area contributed by atoms with Gasteiger partial charge in [-0.2, -0.15) is 8.42 Å². The normalized spacial score (nSPS) is 12.1. The second kappa shape index (κ2) is 7.77. The Morgan fingerprint density at radius 1 is 1.00 bits per heavy atom. The fraction of sp³-hybridized carbons (Fsp3) is 0. The van der Waals surface area contributed by atoms with Crippen molar-refractivity contribution in [3.63, 3.8) is 0 Å². The maximum atomic E-state index is 13.3. The third-order valence-electron chi connectivity index (χ3n) is 3.10. The number of non-ortho nitro benzene ring substituents is 1. The minimum Gasteiger partial charge on any atom is -0.258 e. The Morgan fingerprint density at radius 2 is 1.60 bits per heavy atom. The molecule has 130 valence electrons. The van der Waals surface area contributed by atoms with Crippen LogP contribution in [0.25, 0.3) is 12.2 Å². The molecule has 0 amide bonds. The second-order valence-electron chi connectivity index (χ2n) is 4.80. The van der Waals surface area contributed by atoms with Crippen LogP contribution in [0.3, 0.4) is 0 Å². The molecule has 5 nitrogen and oxygen atoms in total. The van der Waals surface area contributed by atoms with Gasteiger partial charge < -0.3 is 0 Å². The molecule has 2 aromatic rings. The number of nitrogens with zero attached hydrogens (tertiary/aromatic N) is 1. The highest BCUT2D eigenvalue weighted by molar-refractivity contribution is 7.86. The molecule has 0 aromatic heterocycles. The van der Waals surface area contributed by atoms with Crippen LogP contribution in [0.2, 0.25) is 10.0 Å². The minimum absolute atomic E-state index is 0.0987. The SMILES string of the molecule is O=[N+]([O-])c1ccc(/C=C\C=C\c2ccc(Cl)cc2S(=O)(=O)F)c(Cl)c1. The quantitative estimate of drug-likeness (QED) is 0.295. The number of benzene rings is 2. The maximum absolute atomic E-state index is 13.3. The average Bonchev–Trinajstić information content (AvgIpc) is 2.52. The lowest BCUT2D eigenvalue weighted by molar-refractivity contribution is -0.384. The van der Waals surface area contributed by atoms with Gasteiger partial charge in [-0.15, -0.1) is 3.89 Å². The first-order chi connectivity index (χ1) is 11.7. The van der Waals surface area contributed by atoms with Crippen LogP contribution in [0.5, 0.6) is 0 Å². The molecule has 2 aromatic carbocycles. The highest BCUT2D eigenvalue weighted by atomic mass is 35.5. The molecule has 0 N–H and O–H groups in total. The van der Waals surface area contributed by atoms with Crippen LogP contribution in [0, 0.1) is 10.1 Å². The average molecular weight is 402 g/mol. The number of hydrogen-bond donors (Lipinski definition) is 0. The summed E-state index contributed by atoms with van der Waals surface area (Å²) in [6, 6.07) is 7.84. The van der Waals surface area contributed by atoms with Crippen molar-refractivity contribution in [2.75, 3.05) is 0 Å². The predicted octanol–water partition coefficient (Wildman–Crippen LogP) is 5.29. The fourth-order valence-corrected chi connectivity index (χ4v) is 3.10. The Balaban J connectivity index is 2.25. The molecule has 0 saturated heterocycles. The molecule has 0 radical (unpaired) electrons.